The van der Waals surface area contributed by atoms with E-state index in [4.69, 9.17) is 5.26 Å². The summed E-state index contributed by atoms with van der Waals surface area (Å²) in [4.78, 5) is 0. The van der Waals surface area contributed by atoms with Gasteiger partial charge in [-0.1, -0.05) is 35.2 Å². The van der Waals surface area contributed by atoms with Crippen LogP contribution in [0.15, 0.2) is 22.5 Å². The molecule has 2 aromatic rings. The minimum Gasteiger partial charge on any atom is -0.330 e. The number of thioether (sulfide) groups is 1. The van der Waals surface area contributed by atoms with Crippen LogP contribution in [0.2, 0.25) is 0 Å². The Morgan fingerprint density at radius 3 is 2.89 bits per heavy atom. The van der Waals surface area contributed by atoms with Gasteiger partial charge in [-0.25, -0.2) is 0 Å². The van der Waals surface area contributed by atoms with Crippen LogP contribution in [0.25, 0.3) is 0 Å². The van der Waals surface area contributed by atoms with E-state index in [2.05, 4.69) is 41.5 Å². The molecule has 1 aromatic heterocycles. The summed E-state index contributed by atoms with van der Waals surface area (Å²) in [7, 11) is 0. The van der Waals surface area contributed by atoms with Gasteiger partial charge < -0.3 is 5.32 Å². The summed E-state index contributed by atoms with van der Waals surface area (Å²) in [6, 6.07) is 8.29. The first kappa shape index (κ1) is 13.8. The third-order valence-corrected chi connectivity index (χ3v) is 4.63. The Morgan fingerprint density at radius 2 is 2.16 bits per heavy atom. The van der Waals surface area contributed by atoms with Gasteiger partial charge in [0.1, 0.15) is 0 Å². The van der Waals surface area contributed by atoms with E-state index >= 15 is 0 Å². The van der Waals surface area contributed by atoms with Gasteiger partial charge in [-0.2, -0.15) is 5.26 Å². The molecule has 4 nitrogen and oxygen atoms in total. The summed E-state index contributed by atoms with van der Waals surface area (Å²) < 4.78 is 0.807. The van der Waals surface area contributed by atoms with Crippen LogP contribution in [-0.2, 0) is 0 Å². The number of nitrogens with zero attached hydrogens (tertiary/aromatic N) is 3. The second-order valence-corrected chi connectivity index (χ2v) is 6.70. The highest BCUT2D eigenvalue weighted by atomic mass is 32.2. The average molecular weight is 290 g/mol. The third kappa shape index (κ3) is 3.46. The Morgan fingerprint density at radius 1 is 1.37 bits per heavy atom. The van der Waals surface area contributed by atoms with Gasteiger partial charge in [0.05, 0.1) is 11.3 Å². The fraction of sp³-hybridized carbons (Fsp3) is 0.308. The predicted molar refractivity (Wildman–Crippen MR) is 80.0 cm³/mol. The van der Waals surface area contributed by atoms with Gasteiger partial charge in [0.15, 0.2) is 4.34 Å². The predicted octanol–water partition coefficient (Wildman–Crippen LogP) is 3.90. The Labute approximate surface area is 120 Å². The molecule has 6 heteroatoms. The molecule has 1 N–H and O–H groups in total. The summed E-state index contributed by atoms with van der Waals surface area (Å²) >= 11 is 2.89. The minimum absolute atomic E-state index is 0.110. The molecule has 0 unspecified atom stereocenters. The number of aromatic nitrogens is 2. The van der Waals surface area contributed by atoms with Crippen LogP contribution < -0.4 is 5.32 Å². The highest BCUT2D eigenvalue weighted by Gasteiger charge is 2.10. The van der Waals surface area contributed by atoms with E-state index in [9.17, 15) is 0 Å². The first-order chi connectivity index (χ1) is 9.10. The van der Waals surface area contributed by atoms with Crippen molar-refractivity contribution in [3.8, 4) is 6.07 Å². The number of nitriles is 1. The lowest BCUT2D eigenvalue weighted by molar-refractivity contribution is 1.01. The minimum atomic E-state index is -0.110. The molecule has 1 aromatic carbocycles. The second kappa shape index (κ2) is 6.04. The van der Waals surface area contributed by atoms with Gasteiger partial charge in [-0.15, -0.1) is 10.2 Å². The molecular formula is C13H14N4S2. The van der Waals surface area contributed by atoms with Crippen LogP contribution in [0, 0.1) is 25.2 Å². The molecule has 1 heterocycles. The van der Waals surface area contributed by atoms with E-state index in [1.807, 2.05) is 19.1 Å². The van der Waals surface area contributed by atoms with E-state index in [1.54, 1.807) is 0 Å². The van der Waals surface area contributed by atoms with Crippen LogP contribution in [0.5, 0.6) is 0 Å². The van der Waals surface area contributed by atoms with Crippen molar-refractivity contribution in [1.82, 2.24) is 10.2 Å². The Kier molecular flexibility index (Phi) is 4.40. The highest BCUT2D eigenvalue weighted by molar-refractivity contribution is 8.01. The molecule has 0 fully saturated rings. The Balaban J connectivity index is 2.12. The lowest BCUT2D eigenvalue weighted by Crippen LogP contribution is -1.94. The van der Waals surface area contributed by atoms with Crippen molar-refractivity contribution in [2.75, 3.05) is 5.32 Å². The Hall–Kier alpha value is -1.58. The molecule has 19 heavy (non-hydrogen) atoms. The summed E-state index contributed by atoms with van der Waals surface area (Å²) in [5.41, 5.74) is 3.49. The van der Waals surface area contributed by atoms with Gasteiger partial charge in [0.25, 0.3) is 0 Å². The van der Waals surface area contributed by atoms with E-state index in [1.165, 1.54) is 34.2 Å². The van der Waals surface area contributed by atoms with Gasteiger partial charge in [-0.05, 0) is 38.0 Å². The van der Waals surface area contributed by atoms with E-state index < -0.39 is 0 Å². The number of aryl methyl sites for hydroxylation is 1. The summed E-state index contributed by atoms with van der Waals surface area (Å²) in [6.07, 6.45) is 0. The molecule has 98 valence electrons. The maximum atomic E-state index is 8.78. The molecular weight excluding hydrogens is 276 g/mol. The van der Waals surface area contributed by atoms with Gasteiger partial charge in [0, 0.05) is 5.69 Å². The molecule has 0 radical (unpaired) electrons. The monoisotopic (exact) mass is 290 g/mol. The van der Waals surface area contributed by atoms with E-state index in [0.717, 1.165) is 15.2 Å². The van der Waals surface area contributed by atoms with Crippen molar-refractivity contribution in [2.45, 2.75) is 30.4 Å². The smallest absolute Gasteiger partial charge is 0.210 e. The molecule has 1 atom stereocenters. The molecule has 0 spiro atoms. The summed E-state index contributed by atoms with van der Waals surface area (Å²) in [6.45, 7) is 6.01. The SMILES string of the molecule is Cc1cccc(Nc2nnc(S[C@@H](C)C#N)s2)c1C. The molecule has 2 rings (SSSR count). The maximum absolute atomic E-state index is 8.78. The first-order valence-corrected chi connectivity index (χ1v) is 7.53. The van der Waals surface area contributed by atoms with E-state index in [0.29, 0.717) is 0 Å². The lowest BCUT2D eigenvalue weighted by atomic mass is 10.1. The van der Waals surface area contributed by atoms with Crippen LogP contribution >= 0.6 is 23.1 Å². The van der Waals surface area contributed by atoms with Gasteiger partial charge in [-0.3, -0.25) is 0 Å². The topological polar surface area (TPSA) is 61.6 Å². The van der Waals surface area contributed by atoms with Crippen molar-refractivity contribution in [3.63, 3.8) is 0 Å². The molecule has 0 aliphatic carbocycles. The number of hydrogen-bond acceptors (Lipinski definition) is 6. The van der Waals surface area contributed by atoms with Crippen LogP contribution in [-0.4, -0.2) is 15.4 Å². The molecule has 0 aliphatic heterocycles. The molecule has 0 saturated heterocycles. The quantitative estimate of drug-likeness (QED) is 0.865. The zero-order chi connectivity index (χ0) is 13.8. The molecule has 0 bridgehead atoms. The van der Waals surface area contributed by atoms with Crippen molar-refractivity contribution < 1.29 is 0 Å². The number of anilines is 2. The standard InChI is InChI=1S/C13H14N4S2/c1-8-5-4-6-11(10(8)3)15-12-16-17-13(19-12)18-9(2)7-14/h4-6,9H,1-3H3,(H,15,16)/t9-/m0/s1. The summed E-state index contributed by atoms with van der Waals surface area (Å²) in [5.74, 6) is 0. The zero-order valence-electron chi connectivity index (χ0n) is 11.0. The largest absolute Gasteiger partial charge is 0.330 e. The normalized spacial score (nSPS) is 11.9. The number of rotatable bonds is 4. The van der Waals surface area contributed by atoms with Crippen LogP contribution in [0.4, 0.5) is 10.8 Å². The maximum Gasteiger partial charge on any atom is 0.210 e. The first-order valence-electron chi connectivity index (χ1n) is 5.83. The fourth-order valence-corrected chi connectivity index (χ4v) is 3.28. The highest BCUT2D eigenvalue weighted by Crippen LogP contribution is 2.31. The Bertz CT molecular complexity index is 615. The molecule has 0 amide bonds. The molecule has 0 aliphatic rings. The lowest BCUT2D eigenvalue weighted by Gasteiger charge is -2.08. The number of nitrogens with one attached hydrogen (secondary N) is 1. The van der Waals surface area contributed by atoms with Crippen LogP contribution in [0.1, 0.15) is 18.1 Å². The molecule has 0 saturated carbocycles. The fourth-order valence-electron chi connectivity index (χ4n) is 1.49. The van der Waals surface area contributed by atoms with Crippen LogP contribution in [0.3, 0.4) is 0 Å². The van der Waals surface area contributed by atoms with Gasteiger partial charge >= 0.3 is 0 Å². The zero-order valence-corrected chi connectivity index (χ0v) is 12.6. The number of benzene rings is 1. The third-order valence-electron chi connectivity index (χ3n) is 2.71. The van der Waals surface area contributed by atoms with E-state index in [-0.39, 0.29) is 5.25 Å². The van der Waals surface area contributed by atoms with Crippen molar-refractivity contribution >= 4 is 33.9 Å². The van der Waals surface area contributed by atoms with Crippen molar-refractivity contribution in [1.29, 1.82) is 5.26 Å². The number of hydrogen-bond donors (Lipinski definition) is 1. The van der Waals surface area contributed by atoms with Crippen molar-refractivity contribution in [3.05, 3.63) is 29.3 Å². The second-order valence-electron chi connectivity index (χ2n) is 4.13. The van der Waals surface area contributed by atoms with Crippen molar-refractivity contribution in [2.24, 2.45) is 0 Å². The van der Waals surface area contributed by atoms with Gasteiger partial charge in [0.2, 0.25) is 5.13 Å². The average Bonchev–Trinajstić information content (AvgIpc) is 2.82. The summed E-state index contributed by atoms with van der Waals surface area (Å²) in [5, 5.41) is 20.9.